The molecule has 228 valence electrons. The molecule has 0 aromatic carbocycles. The third kappa shape index (κ3) is 8.12. The summed E-state index contributed by atoms with van der Waals surface area (Å²) >= 11 is 0. The molecule has 2 aliphatic rings. The van der Waals surface area contributed by atoms with E-state index in [0.29, 0.717) is 49.9 Å². The van der Waals surface area contributed by atoms with Crippen molar-refractivity contribution in [1.82, 2.24) is 0 Å². The van der Waals surface area contributed by atoms with Crippen LogP contribution in [0.25, 0.3) is 0 Å². The summed E-state index contributed by atoms with van der Waals surface area (Å²) in [5.74, 6) is 1.41. The minimum Gasteiger partial charge on any atom is -0.478 e. The van der Waals surface area contributed by atoms with Crippen LogP contribution in [-0.2, 0) is 36.0 Å². The molecule has 0 fully saturated rings. The van der Waals surface area contributed by atoms with E-state index in [9.17, 15) is 0 Å². The van der Waals surface area contributed by atoms with Gasteiger partial charge in [0.05, 0.1) is 12.1 Å². The third-order valence-corrected chi connectivity index (χ3v) is 13.8. The molecule has 0 amide bonds. The summed E-state index contributed by atoms with van der Waals surface area (Å²) in [6.07, 6.45) is 2.91. The molecular weight excluding hydrogens is 536 g/mol. The predicted molar refractivity (Wildman–Crippen MR) is 157 cm³/mol. The molecule has 0 aliphatic carbocycles. The molecule has 0 aromatic rings. The van der Waals surface area contributed by atoms with Crippen LogP contribution >= 0.6 is 0 Å². The minimum atomic E-state index is -2.78. The van der Waals surface area contributed by atoms with Crippen molar-refractivity contribution in [2.75, 3.05) is 55.9 Å². The number of hydrogen-bond acceptors (Lipinski definition) is 10. The first-order valence-electron chi connectivity index (χ1n) is 13.9. The highest BCUT2D eigenvalue weighted by atomic mass is 28.4. The standard InChI is InChI=1S/C27H54N2O8Si2/c1-25(2,3)21-19-36-23(28-21)27(15-13-17-38(30-7,31-8)32-9,16-14-18-39(33-10,34-11)35-12)24-29-22(20-37-24)26(4,5)6/h21-22H,13-20H2,1-12H3/t21-,22-/m1/s1. The van der Waals surface area contributed by atoms with E-state index in [1.54, 1.807) is 42.7 Å². The number of hydrogen-bond donors (Lipinski definition) is 0. The van der Waals surface area contributed by atoms with Gasteiger partial charge in [-0.15, -0.1) is 0 Å². The van der Waals surface area contributed by atoms with Crippen molar-refractivity contribution in [3.63, 3.8) is 0 Å². The summed E-state index contributed by atoms with van der Waals surface area (Å²) in [6.45, 7) is 14.2. The van der Waals surface area contributed by atoms with Crippen molar-refractivity contribution >= 4 is 29.4 Å². The van der Waals surface area contributed by atoms with Crippen LogP contribution in [0, 0.1) is 16.2 Å². The number of aliphatic imine (C=N–C) groups is 2. The van der Waals surface area contributed by atoms with Crippen LogP contribution < -0.4 is 0 Å². The first-order valence-corrected chi connectivity index (χ1v) is 17.8. The third-order valence-electron chi connectivity index (χ3n) is 8.16. The second kappa shape index (κ2) is 13.9. The van der Waals surface area contributed by atoms with Gasteiger partial charge in [0.2, 0.25) is 0 Å². The van der Waals surface area contributed by atoms with E-state index in [1.165, 1.54) is 0 Å². The summed E-state index contributed by atoms with van der Waals surface area (Å²) in [5.41, 5.74) is -0.715. The van der Waals surface area contributed by atoms with Crippen LogP contribution in [0.4, 0.5) is 0 Å². The maximum absolute atomic E-state index is 6.44. The summed E-state index contributed by atoms with van der Waals surface area (Å²) < 4.78 is 47.2. The van der Waals surface area contributed by atoms with E-state index in [4.69, 9.17) is 46.0 Å². The molecule has 0 aromatic heterocycles. The zero-order valence-corrected chi connectivity index (χ0v) is 28.5. The van der Waals surface area contributed by atoms with Crippen molar-refractivity contribution in [1.29, 1.82) is 0 Å². The van der Waals surface area contributed by atoms with E-state index in [2.05, 4.69) is 41.5 Å². The fourth-order valence-corrected chi connectivity index (χ4v) is 8.57. The fourth-order valence-electron chi connectivity index (χ4n) is 5.13. The highest BCUT2D eigenvalue weighted by Gasteiger charge is 2.51. The zero-order chi connectivity index (χ0) is 29.5. The molecular formula is C27H54N2O8Si2. The van der Waals surface area contributed by atoms with Crippen molar-refractivity contribution < 1.29 is 36.0 Å². The second-order valence-corrected chi connectivity index (χ2v) is 18.8. The van der Waals surface area contributed by atoms with Crippen molar-refractivity contribution in [2.45, 2.75) is 91.4 Å². The van der Waals surface area contributed by atoms with Gasteiger partial charge >= 0.3 is 17.6 Å². The van der Waals surface area contributed by atoms with Crippen LogP contribution in [-0.4, -0.2) is 97.4 Å². The van der Waals surface area contributed by atoms with Crippen molar-refractivity contribution in [2.24, 2.45) is 26.2 Å². The van der Waals surface area contributed by atoms with Gasteiger partial charge in [-0.1, -0.05) is 41.5 Å². The van der Waals surface area contributed by atoms with Gasteiger partial charge in [0.1, 0.15) is 18.6 Å². The van der Waals surface area contributed by atoms with Crippen LogP contribution in [0.2, 0.25) is 12.1 Å². The van der Waals surface area contributed by atoms with Gasteiger partial charge < -0.3 is 36.0 Å². The topological polar surface area (TPSA) is 98.6 Å². The molecule has 2 heterocycles. The van der Waals surface area contributed by atoms with Crippen molar-refractivity contribution in [3.8, 4) is 0 Å². The van der Waals surface area contributed by atoms with E-state index < -0.39 is 23.0 Å². The molecule has 10 nitrogen and oxygen atoms in total. The highest BCUT2D eigenvalue weighted by Crippen LogP contribution is 2.43. The summed E-state index contributed by atoms with van der Waals surface area (Å²) in [5, 5.41) is 0. The second-order valence-electron chi connectivity index (χ2n) is 12.6. The normalized spacial score (nSPS) is 21.0. The Balaban J connectivity index is 2.54. The van der Waals surface area contributed by atoms with Crippen LogP contribution in [0.1, 0.15) is 67.2 Å². The molecule has 0 radical (unpaired) electrons. The molecule has 2 atom stereocenters. The lowest BCUT2D eigenvalue weighted by molar-refractivity contribution is 0.120. The van der Waals surface area contributed by atoms with Gasteiger partial charge in [-0.05, 0) is 36.5 Å². The fraction of sp³-hybridized carbons (Fsp3) is 0.926. The van der Waals surface area contributed by atoms with Gasteiger partial charge in [-0.25, -0.2) is 9.98 Å². The molecule has 2 aliphatic heterocycles. The molecule has 0 N–H and O–H groups in total. The average molecular weight is 591 g/mol. The molecule has 12 heteroatoms. The predicted octanol–water partition coefficient (Wildman–Crippen LogP) is 4.98. The Labute approximate surface area is 238 Å². The Morgan fingerprint density at radius 3 is 1.15 bits per heavy atom. The average Bonchev–Trinajstić information content (AvgIpc) is 3.60. The lowest BCUT2D eigenvalue weighted by atomic mass is 9.78. The maximum Gasteiger partial charge on any atom is 0.500 e. The largest absolute Gasteiger partial charge is 0.500 e. The van der Waals surface area contributed by atoms with E-state index >= 15 is 0 Å². The highest BCUT2D eigenvalue weighted by molar-refractivity contribution is 6.60. The Morgan fingerprint density at radius 1 is 0.615 bits per heavy atom. The Hall–Kier alpha value is -0.866. The number of ether oxygens (including phenoxy) is 2. The molecule has 0 spiro atoms. The lowest BCUT2D eigenvalue weighted by Gasteiger charge is -2.34. The van der Waals surface area contributed by atoms with Gasteiger partial charge in [0.25, 0.3) is 0 Å². The lowest BCUT2D eigenvalue weighted by Crippen LogP contribution is -2.45. The summed E-state index contributed by atoms with van der Waals surface area (Å²) in [4.78, 5) is 10.4. The van der Waals surface area contributed by atoms with Crippen molar-refractivity contribution in [3.05, 3.63) is 0 Å². The quantitative estimate of drug-likeness (QED) is 0.232. The van der Waals surface area contributed by atoms with E-state index in [0.717, 1.165) is 12.8 Å². The minimum absolute atomic E-state index is 0.0335. The van der Waals surface area contributed by atoms with E-state index in [-0.39, 0.29) is 22.9 Å². The van der Waals surface area contributed by atoms with Gasteiger partial charge in [-0.3, -0.25) is 0 Å². The molecule has 0 bridgehead atoms. The summed E-state index contributed by atoms with van der Waals surface area (Å²) in [6, 6.07) is 1.39. The first kappa shape index (κ1) is 34.3. The Bertz CT molecular complexity index is 748. The number of nitrogens with zero attached hydrogens (tertiary/aromatic N) is 2. The van der Waals surface area contributed by atoms with Crippen LogP contribution in [0.3, 0.4) is 0 Å². The molecule has 0 unspecified atom stereocenters. The zero-order valence-electron chi connectivity index (χ0n) is 26.5. The molecule has 0 saturated carbocycles. The molecule has 2 rings (SSSR count). The Morgan fingerprint density at radius 2 is 0.923 bits per heavy atom. The van der Waals surface area contributed by atoms with Crippen LogP contribution in [0.5, 0.6) is 0 Å². The maximum atomic E-state index is 6.44. The molecule has 0 saturated heterocycles. The molecule has 39 heavy (non-hydrogen) atoms. The van der Waals surface area contributed by atoms with Crippen LogP contribution in [0.15, 0.2) is 9.98 Å². The first-order chi connectivity index (χ1) is 18.2. The van der Waals surface area contributed by atoms with Gasteiger partial charge in [-0.2, -0.15) is 0 Å². The van der Waals surface area contributed by atoms with Gasteiger partial charge in [0, 0.05) is 54.7 Å². The van der Waals surface area contributed by atoms with E-state index in [1.807, 2.05) is 0 Å². The Kier molecular flexibility index (Phi) is 12.2. The SMILES string of the molecule is CO[Si](CCCC(CCC[Si](OC)(OC)OC)(C1=N[C@@H](C(C)(C)C)CO1)C1=N[C@@H](C(C)(C)C)CO1)(OC)OC. The number of rotatable bonds is 16. The summed E-state index contributed by atoms with van der Waals surface area (Å²) in [7, 11) is 4.32. The van der Waals surface area contributed by atoms with Gasteiger partial charge in [0.15, 0.2) is 11.8 Å². The smallest absolute Gasteiger partial charge is 0.478 e. The monoisotopic (exact) mass is 590 g/mol.